The SMILES string of the molecule is CC(C)CC(O)CNCc1cccc(Cl)c1F. The highest BCUT2D eigenvalue weighted by molar-refractivity contribution is 6.30. The molecule has 0 heterocycles. The Morgan fingerprint density at radius 3 is 2.76 bits per heavy atom. The van der Waals surface area contributed by atoms with E-state index in [9.17, 15) is 9.50 Å². The summed E-state index contributed by atoms with van der Waals surface area (Å²) in [6, 6.07) is 4.92. The van der Waals surface area contributed by atoms with Crippen LogP contribution in [0.5, 0.6) is 0 Å². The monoisotopic (exact) mass is 259 g/mol. The molecular formula is C13H19ClFNO. The van der Waals surface area contributed by atoms with E-state index in [2.05, 4.69) is 19.2 Å². The lowest BCUT2D eigenvalue weighted by Crippen LogP contribution is -2.27. The molecule has 2 nitrogen and oxygen atoms in total. The predicted octanol–water partition coefficient (Wildman–Crippen LogP) is 2.98. The van der Waals surface area contributed by atoms with Crippen molar-refractivity contribution in [3.05, 3.63) is 34.6 Å². The Kier molecular flexibility index (Phi) is 5.89. The van der Waals surface area contributed by atoms with Gasteiger partial charge in [0.2, 0.25) is 0 Å². The zero-order chi connectivity index (χ0) is 12.8. The Balaban J connectivity index is 2.38. The molecule has 1 rings (SSSR count). The van der Waals surface area contributed by atoms with Crippen molar-refractivity contribution < 1.29 is 9.50 Å². The molecule has 0 fully saturated rings. The van der Waals surface area contributed by atoms with Crippen LogP contribution in [0.1, 0.15) is 25.8 Å². The molecule has 0 aliphatic heterocycles. The molecule has 0 saturated carbocycles. The number of hydrogen-bond donors (Lipinski definition) is 2. The number of nitrogens with one attached hydrogen (secondary N) is 1. The number of hydrogen-bond acceptors (Lipinski definition) is 2. The molecule has 2 N–H and O–H groups in total. The van der Waals surface area contributed by atoms with Crippen LogP contribution in [0.3, 0.4) is 0 Å². The number of aliphatic hydroxyl groups excluding tert-OH is 1. The molecule has 0 aliphatic carbocycles. The highest BCUT2D eigenvalue weighted by Gasteiger charge is 2.08. The molecule has 0 bridgehead atoms. The standard InChI is InChI=1S/C13H19ClFNO/c1-9(2)6-11(17)8-16-7-10-4-3-5-12(14)13(10)15/h3-5,9,11,16-17H,6-8H2,1-2H3. The minimum Gasteiger partial charge on any atom is -0.392 e. The summed E-state index contributed by atoms with van der Waals surface area (Å²) in [5.41, 5.74) is 0.522. The van der Waals surface area contributed by atoms with Crippen LogP contribution < -0.4 is 5.32 Å². The van der Waals surface area contributed by atoms with Crippen molar-refractivity contribution in [2.45, 2.75) is 32.9 Å². The summed E-state index contributed by atoms with van der Waals surface area (Å²) >= 11 is 5.67. The molecule has 4 heteroatoms. The normalized spacial score (nSPS) is 13.1. The van der Waals surface area contributed by atoms with E-state index in [1.807, 2.05) is 0 Å². The van der Waals surface area contributed by atoms with E-state index in [0.29, 0.717) is 24.6 Å². The van der Waals surface area contributed by atoms with E-state index in [1.54, 1.807) is 12.1 Å². The van der Waals surface area contributed by atoms with E-state index in [4.69, 9.17) is 11.6 Å². The van der Waals surface area contributed by atoms with E-state index < -0.39 is 6.10 Å². The first-order chi connectivity index (χ1) is 8.00. The first kappa shape index (κ1) is 14.4. The summed E-state index contributed by atoms with van der Waals surface area (Å²) in [6.07, 6.45) is 0.350. The fourth-order valence-corrected chi connectivity index (χ4v) is 1.88. The van der Waals surface area contributed by atoms with Gasteiger partial charge in [-0.2, -0.15) is 0 Å². The van der Waals surface area contributed by atoms with Gasteiger partial charge < -0.3 is 10.4 Å². The molecule has 1 aromatic rings. The van der Waals surface area contributed by atoms with Crippen molar-refractivity contribution in [3.8, 4) is 0 Å². The van der Waals surface area contributed by atoms with Crippen LogP contribution in [0, 0.1) is 11.7 Å². The molecule has 0 amide bonds. The van der Waals surface area contributed by atoms with Crippen LogP contribution in [-0.2, 0) is 6.54 Å². The summed E-state index contributed by atoms with van der Waals surface area (Å²) in [6.45, 7) is 4.95. The van der Waals surface area contributed by atoms with Crippen molar-refractivity contribution in [1.29, 1.82) is 0 Å². The first-order valence-electron chi connectivity index (χ1n) is 5.82. The summed E-state index contributed by atoms with van der Waals surface area (Å²) in [5, 5.41) is 12.8. The van der Waals surface area contributed by atoms with Crippen LogP contribution in [0.25, 0.3) is 0 Å². The average molecular weight is 260 g/mol. The lowest BCUT2D eigenvalue weighted by atomic mass is 10.1. The minimum absolute atomic E-state index is 0.132. The second-order valence-corrected chi connectivity index (χ2v) is 5.03. The van der Waals surface area contributed by atoms with Gasteiger partial charge in [-0.1, -0.05) is 37.6 Å². The molecule has 0 radical (unpaired) electrons. The van der Waals surface area contributed by atoms with Gasteiger partial charge in [-0.3, -0.25) is 0 Å². The van der Waals surface area contributed by atoms with Crippen LogP contribution in [0.2, 0.25) is 5.02 Å². The Morgan fingerprint density at radius 1 is 1.41 bits per heavy atom. The van der Waals surface area contributed by atoms with E-state index in [0.717, 1.165) is 6.42 Å². The first-order valence-corrected chi connectivity index (χ1v) is 6.20. The van der Waals surface area contributed by atoms with Crippen LogP contribution in [0.4, 0.5) is 4.39 Å². The molecule has 0 aliphatic rings. The Labute approximate surface area is 107 Å². The largest absolute Gasteiger partial charge is 0.392 e. The molecule has 1 atom stereocenters. The third kappa shape index (κ3) is 5.02. The average Bonchev–Trinajstić information content (AvgIpc) is 2.23. The van der Waals surface area contributed by atoms with Crippen molar-refractivity contribution in [3.63, 3.8) is 0 Å². The second-order valence-electron chi connectivity index (χ2n) is 4.63. The van der Waals surface area contributed by atoms with Crippen molar-refractivity contribution in [2.24, 2.45) is 5.92 Å². The van der Waals surface area contributed by atoms with Crippen molar-refractivity contribution >= 4 is 11.6 Å². The second kappa shape index (κ2) is 6.94. The lowest BCUT2D eigenvalue weighted by Gasteiger charge is -2.14. The Morgan fingerprint density at radius 2 is 2.12 bits per heavy atom. The van der Waals surface area contributed by atoms with Crippen LogP contribution in [0.15, 0.2) is 18.2 Å². The predicted molar refractivity (Wildman–Crippen MR) is 68.6 cm³/mol. The fourth-order valence-electron chi connectivity index (χ4n) is 1.69. The Bertz CT molecular complexity index is 357. The molecular weight excluding hydrogens is 241 g/mol. The Hall–Kier alpha value is -0.640. The van der Waals surface area contributed by atoms with Gasteiger partial charge in [-0.15, -0.1) is 0 Å². The van der Waals surface area contributed by atoms with Gasteiger partial charge in [-0.05, 0) is 18.4 Å². The third-order valence-electron chi connectivity index (χ3n) is 2.47. The minimum atomic E-state index is -0.391. The molecule has 0 saturated heterocycles. The zero-order valence-electron chi connectivity index (χ0n) is 10.2. The maximum absolute atomic E-state index is 13.5. The molecule has 1 aromatic carbocycles. The van der Waals surface area contributed by atoms with Crippen molar-refractivity contribution in [1.82, 2.24) is 5.32 Å². The van der Waals surface area contributed by atoms with Gasteiger partial charge in [0.05, 0.1) is 11.1 Å². The van der Waals surface area contributed by atoms with Gasteiger partial charge in [0.25, 0.3) is 0 Å². The molecule has 1 unspecified atom stereocenters. The molecule has 0 spiro atoms. The molecule has 96 valence electrons. The fraction of sp³-hybridized carbons (Fsp3) is 0.538. The van der Waals surface area contributed by atoms with Crippen LogP contribution >= 0.6 is 11.6 Å². The zero-order valence-corrected chi connectivity index (χ0v) is 11.0. The molecule has 17 heavy (non-hydrogen) atoms. The number of benzene rings is 1. The number of aliphatic hydroxyl groups is 1. The van der Waals surface area contributed by atoms with E-state index in [1.165, 1.54) is 6.07 Å². The highest BCUT2D eigenvalue weighted by Crippen LogP contribution is 2.17. The maximum Gasteiger partial charge on any atom is 0.146 e. The van der Waals surface area contributed by atoms with Gasteiger partial charge in [0, 0.05) is 18.7 Å². The van der Waals surface area contributed by atoms with Gasteiger partial charge in [-0.25, -0.2) is 4.39 Å². The quantitative estimate of drug-likeness (QED) is 0.823. The smallest absolute Gasteiger partial charge is 0.146 e. The van der Waals surface area contributed by atoms with Crippen molar-refractivity contribution in [2.75, 3.05) is 6.54 Å². The van der Waals surface area contributed by atoms with E-state index in [-0.39, 0.29) is 10.8 Å². The highest BCUT2D eigenvalue weighted by atomic mass is 35.5. The van der Waals surface area contributed by atoms with Gasteiger partial charge in [0.1, 0.15) is 5.82 Å². The summed E-state index contributed by atoms with van der Waals surface area (Å²) in [7, 11) is 0. The summed E-state index contributed by atoms with van der Waals surface area (Å²) < 4.78 is 13.5. The number of halogens is 2. The van der Waals surface area contributed by atoms with E-state index >= 15 is 0 Å². The maximum atomic E-state index is 13.5. The topological polar surface area (TPSA) is 32.3 Å². The third-order valence-corrected chi connectivity index (χ3v) is 2.76. The summed E-state index contributed by atoms with van der Waals surface area (Å²) in [5.74, 6) is 0.0646. The van der Waals surface area contributed by atoms with Crippen LogP contribution in [-0.4, -0.2) is 17.8 Å². The van der Waals surface area contributed by atoms with Gasteiger partial charge >= 0.3 is 0 Å². The number of rotatable bonds is 6. The van der Waals surface area contributed by atoms with Gasteiger partial charge in [0.15, 0.2) is 0 Å². The summed E-state index contributed by atoms with van der Waals surface area (Å²) in [4.78, 5) is 0. The lowest BCUT2D eigenvalue weighted by molar-refractivity contribution is 0.146. The molecule has 0 aromatic heterocycles.